The van der Waals surface area contributed by atoms with Crippen LogP contribution in [-0.4, -0.2) is 37.7 Å². The summed E-state index contributed by atoms with van der Waals surface area (Å²) in [6.07, 6.45) is 4.67. The number of rotatable bonds is 8. The third kappa shape index (κ3) is 5.95. The van der Waals surface area contributed by atoms with Gasteiger partial charge in [-0.1, -0.05) is 71.9 Å². The SMILES string of the molecule is CO[C@@H]1[C@H](CCl)c2coc(CS(=O)c3ccc(C(C)(C)C)cc3)c2[C@@](C)(c2ccc3c(c2)CCC3)[C@@H]1O[Si](C)(C)C(C)(C)C. The summed E-state index contributed by atoms with van der Waals surface area (Å²) in [6.45, 7) is 20.3. The van der Waals surface area contributed by atoms with Gasteiger partial charge in [-0.05, 0) is 84.1 Å². The molecule has 0 saturated heterocycles. The largest absolute Gasteiger partial charge is 0.468 e. The molecule has 0 amide bonds. The molecule has 1 aromatic heterocycles. The number of hydrogen-bond acceptors (Lipinski definition) is 4. The van der Waals surface area contributed by atoms with E-state index in [0.717, 1.165) is 34.6 Å². The number of halogens is 1. The number of ether oxygens (including phenoxy) is 1. The van der Waals surface area contributed by atoms with Gasteiger partial charge in [0.1, 0.15) is 5.76 Å². The van der Waals surface area contributed by atoms with Crippen molar-refractivity contribution in [2.75, 3.05) is 13.0 Å². The Balaban J connectivity index is 1.67. The first-order valence-electron chi connectivity index (χ1n) is 16.0. The van der Waals surface area contributed by atoms with Crippen molar-refractivity contribution in [1.82, 2.24) is 0 Å². The number of fused-ring (bicyclic) bond motifs is 2. The van der Waals surface area contributed by atoms with Gasteiger partial charge in [0, 0.05) is 40.3 Å². The van der Waals surface area contributed by atoms with Crippen LogP contribution in [0.4, 0.5) is 0 Å². The molecule has 1 heterocycles. The molecule has 7 heteroatoms. The van der Waals surface area contributed by atoms with E-state index in [0.29, 0.717) is 5.88 Å². The van der Waals surface area contributed by atoms with Crippen LogP contribution < -0.4 is 0 Å². The minimum Gasteiger partial charge on any atom is -0.468 e. The van der Waals surface area contributed by atoms with Gasteiger partial charge < -0.3 is 13.6 Å². The van der Waals surface area contributed by atoms with Crippen molar-refractivity contribution in [2.24, 2.45) is 0 Å². The number of alkyl halides is 1. The van der Waals surface area contributed by atoms with Crippen LogP contribution >= 0.6 is 11.6 Å². The van der Waals surface area contributed by atoms with Gasteiger partial charge in [0.2, 0.25) is 0 Å². The fraction of sp³-hybridized carbons (Fsp3) is 0.568. The van der Waals surface area contributed by atoms with Crippen molar-refractivity contribution in [3.8, 4) is 0 Å². The molecule has 2 aromatic carbocycles. The predicted octanol–water partition coefficient (Wildman–Crippen LogP) is 9.42. The molecule has 5 atom stereocenters. The Morgan fingerprint density at radius 2 is 1.68 bits per heavy atom. The molecule has 0 fully saturated rings. The number of furan rings is 1. The molecule has 0 saturated carbocycles. The maximum Gasteiger partial charge on any atom is 0.192 e. The maximum atomic E-state index is 13.9. The van der Waals surface area contributed by atoms with Crippen molar-refractivity contribution >= 4 is 30.7 Å². The molecule has 0 N–H and O–H groups in total. The quantitative estimate of drug-likeness (QED) is 0.179. The average molecular weight is 655 g/mol. The number of hydrogen-bond donors (Lipinski definition) is 0. The lowest BCUT2D eigenvalue weighted by Gasteiger charge is -2.52. The van der Waals surface area contributed by atoms with E-state index in [1.807, 2.05) is 18.4 Å². The molecule has 5 rings (SSSR count). The molecular formula is C37H51ClO4SSi. The number of methoxy groups -OCH3 is 1. The van der Waals surface area contributed by atoms with Crippen molar-refractivity contribution in [1.29, 1.82) is 0 Å². The zero-order valence-corrected chi connectivity index (χ0v) is 30.9. The van der Waals surface area contributed by atoms with Crippen molar-refractivity contribution < 1.29 is 17.8 Å². The minimum absolute atomic E-state index is 0.000809. The van der Waals surface area contributed by atoms with Crippen molar-refractivity contribution in [2.45, 2.75) is 125 Å². The standard InChI is InChI=1S/C37H51ClO4SSi/c1-35(2,3)26-16-18-28(19-17-26)43(39)23-31-32-30(22-41-31)29(21-38)33(40-8)34(42-44(9,10)36(4,5)6)37(32,7)27-15-14-24-12-11-13-25(24)20-27/h14-20,22,29,33-34H,11-13,21,23H2,1-10H3/t29-,33-,34-,37-,43?/m1/s1. The topological polar surface area (TPSA) is 48.7 Å². The lowest BCUT2D eigenvalue weighted by Crippen LogP contribution is -2.59. The van der Waals surface area contributed by atoms with Gasteiger partial charge in [0.25, 0.3) is 0 Å². The molecule has 1 unspecified atom stereocenters. The molecule has 0 bridgehead atoms. The van der Waals surface area contributed by atoms with Gasteiger partial charge in [-0.2, -0.15) is 0 Å². The van der Waals surface area contributed by atoms with E-state index >= 15 is 0 Å². The Morgan fingerprint density at radius 1 is 1.02 bits per heavy atom. The van der Waals surface area contributed by atoms with Gasteiger partial charge in [0.05, 0.1) is 35.0 Å². The van der Waals surface area contributed by atoms with Gasteiger partial charge in [-0.3, -0.25) is 4.21 Å². The smallest absolute Gasteiger partial charge is 0.192 e. The summed E-state index contributed by atoms with van der Waals surface area (Å²) in [5.74, 6) is 1.28. The van der Waals surface area contributed by atoms with Gasteiger partial charge >= 0.3 is 0 Å². The van der Waals surface area contributed by atoms with Crippen molar-refractivity contribution in [3.05, 3.63) is 87.9 Å². The highest BCUT2D eigenvalue weighted by Crippen LogP contribution is 2.54. The van der Waals surface area contributed by atoms with E-state index in [1.54, 1.807) is 7.11 Å². The van der Waals surface area contributed by atoms with Crippen LogP contribution in [0.5, 0.6) is 0 Å². The molecule has 0 aliphatic heterocycles. The highest BCUT2D eigenvalue weighted by Gasteiger charge is 2.56. The summed E-state index contributed by atoms with van der Waals surface area (Å²) in [6, 6.07) is 15.2. The van der Waals surface area contributed by atoms with Gasteiger partial charge in [-0.25, -0.2) is 0 Å². The zero-order chi connectivity index (χ0) is 32.2. The second kappa shape index (κ2) is 12.1. The Kier molecular flexibility index (Phi) is 9.29. The predicted molar refractivity (Wildman–Crippen MR) is 185 cm³/mol. The molecule has 240 valence electrons. The lowest BCUT2D eigenvalue weighted by molar-refractivity contribution is -0.0519. The summed E-state index contributed by atoms with van der Waals surface area (Å²) in [4.78, 5) is 0.802. The monoisotopic (exact) mass is 654 g/mol. The highest BCUT2D eigenvalue weighted by molar-refractivity contribution is 7.84. The fourth-order valence-corrected chi connectivity index (χ4v) is 9.65. The molecule has 4 nitrogen and oxygen atoms in total. The van der Waals surface area contributed by atoms with E-state index in [9.17, 15) is 4.21 Å². The Labute approximate surface area is 273 Å². The maximum absolute atomic E-state index is 13.9. The van der Waals surface area contributed by atoms with Crippen LogP contribution in [0.2, 0.25) is 18.1 Å². The Hall–Kier alpha value is -1.70. The summed E-state index contributed by atoms with van der Waals surface area (Å²) in [5, 5.41) is 0.000809. The van der Waals surface area contributed by atoms with E-state index in [4.69, 9.17) is 25.2 Å². The third-order valence-corrected chi connectivity index (χ3v) is 16.8. The van der Waals surface area contributed by atoms with E-state index in [1.165, 1.54) is 28.7 Å². The summed E-state index contributed by atoms with van der Waals surface area (Å²) >= 11 is 6.76. The number of aryl methyl sites for hydroxylation is 2. The fourth-order valence-electron chi connectivity index (χ4n) is 6.89. The lowest BCUT2D eigenvalue weighted by atomic mass is 9.62. The molecule has 3 aromatic rings. The second-order valence-corrected chi connectivity index (χ2v) is 22.1. The van der Waals surface area contributed by atoms with Crippen LogP contribution in [0, 0.1) is 0 Å². The van der Waals surface area contributed by atoms with E-state index in [-0.39, 0.29) is 34.3 Å². The molecule has 2 aliphatic rings. The van der Waals surface area contributed by atoms with Crippen LogP contribution in [0.15, 0.2) is 58.0 Å². The molecule has 2 aliphatic carbocycles. The summed E-state index contributed by atoms with van der Waals surface area (Å²) < 4.78 is 34.1. The van der Waals surface area contributed by atoms with Crippen LogP contribution in [0.25, 0.3) is 0 Å². The average Bonchev–Trinajstić information content (AvgIpc) is 3.60. The molecule has 0 radical (unpaired) electrons. The molecular weight excluding hydrogens is 604 g/mol. The Morgan fingerprint density at radius 3 is 2.27 bits per heavy atom. The van der Waals surface area contributed by atoms with Crippen LogP contribution in [0.1, 0.15) is 99.9 Å². The molecule has 44 heavy (non-hydrogen) atoms. The zero-order valence-electron chi connectivity index (χ0n) is 28.3. The first-order chi connectivity index (χ1) is 20.5. The second-order valence-electron chi connectivity index (χ2n) is 15.6. The van der Waals surface area contributed by atoms with Gasteiger partial charge in [0.15, 0.2) is 8.32 Å². The highest BCUT2D eigenvalue weighted by atomic mass is 35.5. The van der Waals surface area contributed by atoms with E-state index in [2.05, 4.69) is 91.9 Å². The first kappa shape index (κ1) is 33.7. The van der Waals surface area contributed by atoms with Crippen molar-refractivity contribution in [3.63, 3.8) is 0 Å². The third-order valence-electron chi connectivity index (χ3n) is 10.7. The van der Waals surface area contributed by atoms with Gasteiger partial charge in [-0.15, -0.1) is 11.6 Å². The summed E-state index contributed by atoms with van der Waals surface area (Å²) in [5.41, 5.74) is 6.80. The number of benzene rings is 2. The normalized spacial score (nSPS) is 24.7. The van der Waals surface area contributed by atoms with Crippen LogP contribution in [-0.2, 0) is 49.4 Å². The Bertz CT molecular complexity index is 1510. The molecule has 0 spiro atoms. The van der Waals surface area contributed by atoms with Crippen LogP contribution in [0.3, 0.4) is 0 Å². The van der Waals surface area contributed by atoms with E-state index < -0.39 is 24.5 Å². The summed E-state index contributed by atoms with van der Waals surface area (Å²) in [7, 11) is -1.79. The first-order valence-corrected chi connectivity index (χ1v) is 20.8. The minimum atomic E-state index is -2.27.